The van der Waals surface area contributed by atoms with E-state index in [0.717, 1.165) is 6.07 Å². The van der Waals surface area contributed by atoms with Gasteiger partial charge in [0.15, 0.2) is 12.4 Å². The fourth-order valence-electron chi connectivity index (χ4n) is 2.13. The number of carbonyl (C=O) groups is 3. The quantitative estimate of drug-likeness (QED) is 0.595. The van der Waals surface area contributed by atoms with Crippen molar-refractivity contribution in [3.63, 3.8) is 0 Å². The van der Waals surface area contributed by atoms with E-state index in [1.54, 1.807) is 6.07 Å². The van der Waals surface area contributed by atoms with Crippen molar-refractivity contribution in [1.29, 1.82) is 0 Å². The zero-order valence-corrected chi connectivity index (χ0v) is 16.4. The normalized spacial score (nSPS) is 11.5. The van der Waals surface area contributed by atoms with Crippen molar-refractivity contribution in [2.75, 3.05) is 23.9 Å². The molecule has 1 aromatic carbocycles. The summed E-state index contributed by atoms with van der Waals surface area (Å²) in [6, 6.07) is 5.75. The van der Waals surface area contributed by atoms with Crippen LogP contribution in [0.3, 0.4) is 0 Å². The monoisotopic (exact) mass is 428 g/mol. The van der Waals surface area contributed by atoms with Gasteiger partial charge in [0.1, 0.15) is 11.9 Å². The molecule has 2 aromatic rings. The number of hydrogen-bond acceptors (Lipinski definition) is 6. The molecule has 1 heterocycles. The second-order valence-electron chi connectivity index (χ2n) is 5.57. The molecule has 7 nitrogen and oxygen atoms in total. The van der Waals surface area contributed by atoms with E-state index in [1.807, 2.05) is 6.26 Å². The Kier molecular flexibility index (Phi) is 8.34. The predicted octanol–water partition coefficient (Wildman–Crippen LogP) is 3.11. The maximum Gasteiger partial charge on any atom is 0.329 e. The highest BCUT2D eigenvalue weighted by Gasteiger charge is 2.24. The Balaban J connectivity index is 1.89. The van der Waals surface area contributed by atoms with E-state index >= 15 is 0 Å². The minimum absolute atomic E-state index is 0.0629. The average Bonchev–Trinajstić information content (AvgIpc) is 3.21. The van der Waals surface area contributed by atoms with Gasteiger partial charge in [-0.05, 0) is 48.8 Å². The molecule has 10 heteroatoms. The lowest BCUT2D eigenvalue weighted by molar-refractivity contribution is -0.149. The predicted molar refractivity (Wildman–Crippen MR) is 104 cm³/mol. The van der Waals surface area contributed by atoms with Crippen molar-refractivity contribution in [2.24, 2.45) is 0 Å². The van der Waals surface area contributed by atoms with Gasteiger partial charge in [0.05, 0.1) is 11.3 Å². The zero-order chi connectivity index (χ0) is 20.5. The zero-order valence-electron chi connectivity index (χ0n) is 14.9. The first-order valence-electron chi connectivity index (χ1n) is 8.15. The van der Waals surface area contributed by atoms with Gasteiger partial charge in [0, 0.05) is 5.69 Å². The molecule has 28 heavy (non-hydrogen) atoms. The minimum Gasteiger partial charge on any atom is -0.459 e. The lowest BCUT2D eigenvalue weighted by atomic mass is 10.2. The summed E-state index contributed by atoms with van der Waals surface area (Å²) in [7, 11) is 0. The van der Waals surface area contributed by atoms with Crippen molar-refractivity contribution >= 4 is 46.8 Å². The molecule has 0 spiro atoms. The van der Waals surface area contributed by atoms with Gasteiger partial charge in [-0.3, -0.25) is 9.59 Å². The summed E-state index contributed by atoms with van der Waals surface area (Å²) >= 11 is 7.14. The van der Waals surface area contributed by atoms with Crippen molar-refractivity contribution < 1.29 is 27.9 Å². The van der Waals surface area contributed by atoms with Gasteiger partial charge in [-0.15, -0.1) is 0 Å². The molecule has 0 saturated heterocycles. The number of furan rings is 1. The van der Waals surface area contributed by atoms with Gasteiger partial charge in [0.25, 0.3) is 11.8 Å². The molecule has 0 fully saturated rings. The van der Waals surface area contributed by atoms with E-state index in [-0.39, 0.29) is 16.5 Å². The number of hydrogen-bond donors (Lipinski definition) is 2. The second-order valence-corrected chi connectivity index (χ2v) is 6.96. The average molecular weight is 429 g/mol. The van der Waals surface area contributed by atoms with Crippen LogP contribution in [-0.2, 0) is 14.3 Å². The second kappa shape index (κ2) is 10.7. The molecule has 1 aromatic heterocycles. The first-order chi connectivity index (χ1) is 13.4. The van der Waals surface area contributed by atoms with E-state index in [1.165, 1.54) is 36.2 Å². The van der Waals surface area contributed by atoms with Crippen LogP contribution in [0.15, 0.2) is 41.0 Å². The number of nitrogens with one attached hydrogen (secondary N) is 2. The smallest absolute Gasteiger partial charge is 0.329 e. The van der Waals surface area contributed by atoms with Crippen LogP contribution in [0.1, 0.15) is 17.0 Å². The number of ether oxygens (including phenoxy) is 1. The molecular weight excluding hydrogens is 411 g/mol. The highest BCUT2D eigenvalue weighted by molar-refractivity contribution is 7.98. The SMILES string of the molecule is CSCCC(NC(=O)c1ccco1)C(=O)OCC(=O)Nc1ccc(F)c(Cl)c1. The van der Waals surface area contributed by atoms with Crippen LogP contribution in [0, 0.1) is 5.82 Å². The lowest BCUT2D eigenvalue weighted by Crippen LogP contribution is -2.43. The molecule has 2 N–H and O–H groups in total. The number of halogens is 2. The lowest BCUT2D eigenvalue weighted by Gasteiger charge is -2.16. The van der Waals surface area contributed by atoms with E-state index < -0.39 is 36.2 Å². The van der Waals surface area contributed by atoms with Gasteiger partial charge in [0.2, 0.25) is 0 Å². The van der Waals surface area contributed by atoms with Crippen molar-refractivity contribution in [2.45, 2.75) is 12.5 Å². The molecule has 0 aliphatic carbocycles. The molecule has 1 unspecified atom stereocenters. The number of esters is 1. The van der Waals surface area contributed by atoms with Gasteiger partial charge in [-0.1, -0.05) is 11.6 Å². The fourth-order valence-corrected chi connectivity index (χ4v) is 2.78. The molecule has 0 radical (unpaired) electrons. The summed E-state index contributed by atoms with van der Waals surface area (Å²) in [5.41, 5.74) is 0.262. The summed E-state index contributed by atoms with van der Waals surface area (Å²) in [5, 5.41) is 4.82. The Hall–Kier alpha value is -2.52. The largest absolute Gasteiger partial charge is 0.459 e. The number of amides is 2. The maximum atomic E-state index is 13.1. The van der Waals surface area contributed by atoms with Crippen LogP contribution in [0.25, 0.3) is 0 Å². The summed E-state index contributed by atoms with van der Waals surface area (Å²) in [5.74, 6) is -1.89. The number of benzene rings is 1. The van der Waals surface area contributed by atoms with Gasteiger partial charge in [-0.2, -0.15) is 11.8 Å². The molecule has 2 amide bonds. The Morgan fingerprint density at radius 2 is 2.11 bits per heavy atom. The summed E-state index contributed by atoms with van der Waals surface area (Å²) in [4.78, 5) is 36.3. The molecule has 0 bridgehead atoms. The molecule has 2 rings (SSSR count). The van der Waals surface area contributed by atoms with Gasteiger partial charge < -0.3 is 19.8 Å². The first kappa shape index (κ1) is 21.8. The van der Waals surface area contributed by atoms with E-state index in [0.29, 0.717) is 12.2 Å². The molecular formula is C18H18ClFN2O5S. The summed E-state index contributed by atoms with van der Waals surface area (Å²) < 4.78 is 23.1. The number of rotatable bonds is 9. The summed E-state index contributed by atoms with van der Waals surface area (Å²) in [6.07, 6.45) is 3.52. The molecule has 0 aliphatic heterocycles. The third-order valence-corrected chi connectivity index (χ3v) is 4.43. The van der Waals surface area contributed by atoms with E-state index in [9.17, 15) is 18.8 Å². The number of carbonyl (C=O) groups excluding carboxylic acids is 3. The summed E-state index contributed by atoms with van der Waals surface area (Å²) in [6.45, 7) is -0.569. The van der Waals surface area contributed by atoms with Crippen LogP contribution in [-0.4, -0.2) is 42.4 Å². The molecule has 0 saturated carbocycles. The number of anilines is 1. The van der Waals surface area contributed by atoms with Crippen LogP contribution >= 0.6 is 23.4 Å². The Bertz CT molecular complexity index is 831. The highest BCUT2D eigenvalue weighted by atomic mass is 35.5. The molecule has 1 atom stereocenters. The van der Waals surface area contributed by atoms with Crippen molar-refractivity contribution in [3.8, 4) is 0 Å². The first-order valence-corrected chi connectivity index (χ1v) is 9.92. The van der Waals surface area contributed by atoms with Crippen LogP contribution in [0.2, 0.25) is 5.02 Å². The fraction of sp³-hybridized carbons (Fsp3) is 0.278. The Morgan fingerprint density at radius 3 is 2.75 bits per heavy atom. The molecule has 150 valence electrons. The molecule has 0 aliphatic rings. The third kappa shape index (κ3) is 6.58. The van der Waals surface area contributed by atoms with E-state index in [2.05, 4.69) is 10.6 Å². The van der Waals surface area contributed by atoms with E-state index in [4.69, 9.17) is 20.8 Å². The van der Waals surface area contributed by atoms with Crippen LogP contribution in [0.4, 0.5) is 10.1 Å². The van der Waals surface area contributed by atoms with Gasteiger partial charge in [-0.25, -0.2) is 9.18 Å². The van der Waals surface area contributed by atoms with Gasteiger partial charge >= 0.3 is 5.97 Å². The Morgan fingerprint density at radius 1 is 1.32 bits per heavy atom. The number of thioether (sulfide) groups is 1. The third-order valence-electron chi connectivity index (χ3n) is 3.49. The van der Waals surface area contributed by atoms with Crippen molar-refractivity contribution in [1.82, 2.24) is 5.32 Å². The van der Waals surface area contributed by atoms with Crippen LogP contribution in [0.5, 0.6) is 0 Å². The maximum absolute atomic E-state index is 13.1. The topological polar surface area (TPSA) is 97.6 Å². The highest BCUT2D eigenvalue weighted by Crippen LogP contribution is 2.19. The van der Waals surface area contributed by atoms with Crippen molar-refractivity contribution in [3.05, 3.63) is 53.2 Å². The Labute approximate surface area is 169 Å². The van der Waals surface area contributed by atoms with Crippen LogP contribution < -0.4 is 10.6 Å². The minimum atomic E-state index is -0.932. The standard InChI is InChI=1S/C18H18ClFN2O5S/c1-28-8-6-14(22-17(24)15-3-2-7-26-15)18(25)27-10-16(23)21-11-4-5-13(20)12(19)9-11/h2-5,7,9,14H,6,8,10H2,1H3,(H,21,23)(H,22,24).